The van der Waals surface area contributed by atoms with Crippen molar-refractivity contribution < 1.29 is 9.59 Å². The van der Waals surface area contributed by atoms with Gasteiger partial charge in [0.2, 0.25) is 5.91 Å². The van der Waals surface area contributed by atoms with Gasteiger partial charge in [0.05, 0.1) is 11.3 Å². The van der Waals surface area contributed by atoms with Crippen LogP contribution in [0.5, 0.6) is 0 Å². The molecule has 0 heterocycles. The lowest BCUT2D eigenvalue weighted by Crippen LogP contribution is -2.31. The standard InChI is InChI=1S/C24H30N2O2S/c1-18-9-5-6-12-20(18)16-26-24(28)21-13-7-8-14-22(21)29-17-23(27)25-15-19-10-3-2-4-11-19/h5-9,12-14,19H,2-4,10-11,15-17H2,1H3,(H,25,27)(H,26,28). The summed E-state index contributed by atoms with van der Waals surface area (Å²) in [7, 11) is 0. The number of hydrogen-bond acceptors (Lipinski definition) is 3. The van der Waals surface area contributed by atoms with Crippen LogP contribution in [0, 0.1) is 12.8 Å². The van der Waals surface area contributed by atoms with Gasteiger partial charge in [0.1, 0.15) is 0 Å². The molecular formula is C24H30N2O2S. The first-order chi connectivity index (χ1) is 14.1. The summed E-state index contributed by atoms with van der Waals surface area (Å²) in [5, 5.41) is 6.06. The lowest BCUT2D eigenvalue weighted by Gasteiger charge is -2.21. The molecule has 1 fully saturated rings. The molecule has 2 N–H and O–H groups in total. The van der Waals surface area contributed by atoms with E-state index in [-0.39, 0.29) is 11.8 Å². The molecule has 0 aromatic heterocycles. The van der Waals surface area contributed by atoms with Gasteiger partial charge in [-0.1, -0.05) is 55.7 Å². The van der Waals surface area contributed by atoms with Crippen molar-refractivity contribution in [3.8, 4) is 0 Å². The predicted molar refractivity (Wildman–Crippen MR) is 119 cm³/mol. The van der Waals surface area contributed by atoms with Crippen molar-refractivity contribution in [3.05, 3.63) is 65.2 Å². The van der Waals surface area contributed by atoms with Crippen LogP contribution in [0.3, 0.4) is 0 Å². The van der Waals surface area contributed by atoms with E-state index >= 15 is 0 Å². The van der Waals surface area contributed by atoms with Gasteiger partial charge >= 0.3 is 0 Å². The minimum absolute atomic E-state index is 0.0377. The van der Waals surface area contributed by atoms with E-state index < -0.39 is 0 Å². The zero-order valence-corrected chi connectivity index (χ0v) is 17.9. The van der Waals surface area contributed by atoms with Gasteiger partial charge in [0, 0.05) is 18.0 Å². The number of aryl methyl sites for hydroxylation is 1. The van der Waals surface area contributed by atoms with Gasteiger partial charge in [-0.2, -0.15) is 0 Å². The highest BCUT2D eigenvalue weighted by Gasteiger charge is 2.16. The Hall–Kier alpha value is -2.27. The van der Waals surface area contributed by atoms with E-state index in [2.05, 4.69) is 10.6 Å². The number of carbonyl (C=O) groups is 2. The summed E-state index contributed by atoms with van der Waals surface area (Å²) in [5.74, 6) is 0.876. The summed E-state index contributed by atoms with van der Waals surface area (Å²) in [6.07, 6.45) is 6.32. The molecule has 4 nitrogen and oxygen atoms in total. The fraction of sp³-hybridized carbons (Fsp3) is 0.417. The number of thioether (sulfide) groups is 1. The second-order valence-electron chi connectivity index (χ2n) is 7.70. The Morgan fingerprint density at radius 1 is 0.966 bits per heavy atom. The molecule has 0 aliphatic heterocycles. The Morgan fingerprint density at radius 2 is 1.69 bits per heavy atom. The number of benzene rings is 2. The Kier molecular flexibility index (Phi) is 8.17. The average Bonchev–Trinajstić information content (AvgIpc) is 2.76. The van der Waals surface area contributed by atoms with Crippen LogP contribution in [0.4, 0.5) is 0 Å². The molecule has 0 saturated heterocycles. The van der Waals surface area contributed by atoms with Crippen molar-refractivity contribution in [1.82, 2.24) is 10.6 Å². The van der Waals surface area contributed by atoms with E-state index in [0.717, 1.165) is 22.6 Å². The molecule has 1 aliphatic rings. The second kappa shape index (κ2) is 11.1. The largest absolute Gasteiger partial charge is 0.355 e. The van der Waals surface area contributed by atoms with Crippen molar-refractivity contribution in [2.24, 2.45) is 5.92 Å². The van der Waals surface area contributed by atoms with E-state index in [1.807, 2.05) is 55.5 Å². The van der Waals surface area contributed by atoms with Crippen LogP contribution in [0.2, 0.25) is 0 Å². The van der Waals surface area contributed by atoms with E-state index in [1.165, 1.54) is 43.9 Å². The van der Waals surface area contributed by atoms with Crippen LogP contribution in [0.15, 0.2) is 53.4 Å². The van der Waals surface area contributed by atoms with Crippen molar-refractivity contribution in [2.75, 3.05) is 12.3 Å². The molecule has 0 radical (unpaired) electrons. The molecule has 1 aliphatic carbocycles. The molecule has 5 heteroatoms. The van der Waals surface area contributed by atoms with Gasteiger partial charge in [0.25, 0.3) is 5.91 Å². The number of rotatable bonds is 8. The third-order valence-corrected chi connectivity index (χ3v) is 6.58. The smallest absolute Gasteiger partial charge is 0.252 e. The highest BCUT2D eigenvalue weighted by atomic mass is 32.2. The van der Waals surface area contributed by atoms with E-state index in [1.54, 1.807) is 0 Å². The summed E-state index contributed by atoms with van der Waals surface area (Å²) < 4.78 is 0. The number of hydrogen-bond donors (Lipinski definition) is 2. The molecule has 2 amide bonds. The lowest BCUT2D eigenvalue weighted by molar-refractivity contribution is -0.118. The Morgan fingerprint density at radius 3 is 2.48 bits per heavy atom. The molecule has 0 unspecified atom stereocenters. The maximum atomic E-state index is 12.7. The molecule has 2 aromatic carbocycles. The van der Waals surface area contributed by atoms with Crippen LogP contribution in [-0.2, 0) is 11.3 Å². The molecule has 154 valence electrons. The van der Waals surface area contributed by atoms with Crippen LogP contribution >= 0.6 is 11.8 Å². The fourth-order valence-electron chi connectivity index (χ4n) is 3.70. The lowest BCUT2D eigenvalue weighted by atomic mass is 9.89. The van der Waals surface area contributed by atoms with E-state index in [9.17, 15) is 9.59 Å². The Labute approximate surface area is 177 Å². The third kappa shape index (κ3) is 6.64. The van der Waals surface area contributed by atoms with Gasteiger partial charge in [-0.25, -0.2) is 0 Å². The van der Waals surface area contributed by atoms with Crippen LogP contribution < -0.4 is 10.6 Å². The van der Waals surface area contributed by atoms with Crippen molar-refractivity contribution in [3.63, 3.8) is 0 Å². The van der Waals surface area contributed by atoms with Crippen LogP contribution in [-0.4, -0.2) is 24.1 Å². The summed E-state index contributed by atoms with van der Waals surface area (Å²) in [5.41, 5.74) is 2.88. The number of amides is 2. The van der Waals surface area contributed by atoms with Gasteiger partial charge in [-0.3, -0.25) is 9.59 Å². The second-order valence-corrected chi connectivity index (χ2v) is 8.72. The quantitative estimate of drug-likeness (QED) is 0.620. The van der Waals surface area contributed by atoms with Crippen LogP contribution in [0.1, 0.15) is 53.6 Å². The molecular weight excluding hydrogens is 380 g/mol. The first-order valence-electron chi connectivity index (χ1n) is 10.4. The summed E-state index contributed by atoms with van der Waals surface area (Å²) in [4.78, 5) is 25.8. The maximum Gasteiger partial charge on any atom is 0.252 e. The minimum atomic E-state index is -0.112. The molecule has 3 rings (SSSR count). The van der Waals surface area contributed by atoms with Gasteiger partial charge in [-0.05, 0) is 48.9 Å². The fourth-order valence-corrected chi connectivity index (χ4v) is 4.58. The topological polar surface area (TPSA) is 58.2 Å². The molecule has 29 heavy (non-hydrogen) atoms. The van der Waals surface area contributed by atoms with Crippen LogP contribution in [0.25, 0.3) is 0 Å². The van der Waals surface area contributed by atoms with Gasteiger partial charge in [0.15, 0.2) is 0 Å². The van der Waals surface area contributed by atoms with Crippen molar-refractivity contribution >= 4 is 23.6 Å². The highest BCUT2D eigenvalue weighted by Crippen LogP contribution is 2.24. The molecule has 0 bridgehead atoms. The minimum Gasteiger partial charge on any atom is -0.355 e. The van der Waals surface area contributed by atoms with Gasteiger partial charge in [-0.15, -0.1) is 11.8 Å². The van der Waals surface area contributed by atoms with E-state index in [4.69, 9.17) is 0 Å². The summed E-state index contributed by atoms with van der Waals surface area (Å²) in [6, 6.07) is 15.5. The van der Waals surface area contributed by atoms with E-state index in [0.29, 0.717) is 23.8 Å². The third-order valence-electron chi connectivity index (χ3n) is 5.50. The monoisotopic (exact) mass is 410 g/mol. The van der Waals surface area contributed by atoms with Crippen molar-refractivity contribution in [2.45, 2.75) is 50.5 Å². The molecule has 2 aromatic rings. The summed E-state index contributed by atoms with van der Waals surface area (Å²) in [6.45, 7) is 3.31. The first kappa shape index (κ1) is 21.4. The normalized spacial score (nSPS) is 14.4. The SMILES string of the molecule is Cc1ccccc1CNC(=O)c1ccccc1SCC(=O)NCC1CCCCC1. The highest BCUT2D eigenvalue weighted by molar-refractivity contribution is 8.00. The van der Waals surface area contributed by atoms with Crippen molar-refractivity contribution in [1.29, 1.82) is 0 Å². The number of carbonyl (C=O) groups excluding carboxylic acids is 2. The first-order valence-corrected chi connectivity index (χ1v) is 11.4. The zero-order chi connectivity index (χ0) is 20.5. The number of nitrogens with one attached hydrogen (secondary N) is 2. The average molecular weight is 411 g/mol. The predicted octanol–water partition coefficient (Wildman–Crippen LogP) is 4.71. The maximum absolute atomic E-state index is 12.7. The molecule has 1 saturated carbocycles. The Balaban J connectivity index is 1.50. The molecule has 0 spiro atoms. The Bertz CT molecular complexity index is 831. The summed E-state index contributed by atoms with van der Waals surface area (Å²) >= 11 is 1.42. The molecule has 0 atom stereocenters. The zero-order valence-electron chi connectivity index (χ0n) is 17.1. The van der Waals surface area contributed by atoms with Gasteiger partial charge < -0.3 is 10.6 Å².